The van der Waals surface area contributed by atoms with Crippen LogP contribution < -0.4 is 0 Å². The average molecular weight is 222 g/mol. The van der Waals surface area contributed by atoms with Crippen molar-refractivity contribution in [1.29, 1.82) is 0 Å². The monoisotopic (exact) mass is 222 g/mol. The highest BCUT2D eigenvalue weighted by atomic mass is 16.3. The van der Waals surface area contributed by atoms with Gasteiger partial charge in [-0.25, -0.2) is 0 Å². The van der Waals surface area contributed by atoms with Crippen LogP contribution >= 0.6 is 0 Å². The molecule has 2 N–H and O–H groups in total. The summed E-state index contributed by atoms with van der Waals surface area (Å²) in [6, 6.07) is 0. The Balaban J connectivity index is 1.94. The average Bonchev–Trinajstić information content (AvgIpc) is 2.28. The molecule has 3 rings (SSSR count). The summed E-state index contributed by atoms with van der Waals surface area (Å²) in [5.74, 6) is 1.57. The fraction of sp³-hybridized carbons (Fsp3) is 0.857. The fourth-order valence-electron chi connectivity index (χ4n) is 4.18. The van der Waals surface area contributed by atoms with Crippen molar-refractivity contribution in [3.8, 4) is 0 Å². The molecule has 0 radical (unpaired) electrons. The Hall–Kier alpha value is -0.340. The lowest BCUT2D eigenvalue weighted by atomic mass is 9.62. The quantitative estimate of drug-likeness (QED) is 0.617. The highest BCUT2D eigenvalue weighted by molar-refractivity contribution is 5.20. The van der Waals surface area contributed by atoms with Crippen LogP contribution in [-0.2, 0) is 0 Å². The molecule has 16 heavy (non-hydrogen) atoms. The third-order valence-electron chi connectivity index (χ3n) is 4.93. The lowest BCUT2D eigenvalue weighted by Crippen LogP contribution is -2.41. The van der Waals surface area contributed by atoms with Crippen molar-refractivity contribution in [3.05, 3.63) is 11.6 Å². The minimum Gasteiger partial charge on any atom is -0.393 e. The van der Waals surface area contributed by atoms with Gasteiger partial charge in [0.1, 0.15) is 0 Å². The topological polar surface area (TPSA) is 40.5 Å². The van der Waals surface area contributed by atoms with Crippen LogP contribution in [0.1, 0.15) is 44.9 Å². The molecule has 0 heterocycles. The number of aliphatic hydroxyl groups excluding tert-OH is 2. The van der Waals surface area contributed by atoms with Crippen molar-refractivity contribution in [2.24, 2.45) is 17.8 Å². The molecule has 0 saturated heterocycles. The summed E-state index contributed by atoms with van der Waals surface area (Å²) < 4.78 is 0. The van der Waals surface area contributed by atoms with Gasteiger partial charge < -0.3 is 10.2 Å². The molecule has 2 saturated carbocycles. The zero-order chi connectivity index (χ0) is 11.1. The first-order chi connectivity index (χ1) is 7.75. The van der Waals surface area contributed by atoms with E-state index in [1.807, 2.05) is 0 Å². The zero-order valence-corrected chi connectivity index (χ0v) is 9.81. The molecule has 4 bridgehead atoms. The Morgan fingerprint density at radius 2 is 1.81 bits per heavy atom. The highest BCUT2D eigenvalue weighted by Gasteiger charge is 2.41. The van der Waals surface area contributed by atoms with E-state index in [0.717, 1.165) is 44.9 Å². The second-order valence-corrected chi connectivity index (χ2v) is 5.88. The van der Waals surface area contributed by atoms with E-state index in [4.69, 9.17) is 0 Å². The van der Waals surface area contributed by atoms with Crippen molar-refractivity contribution in [3.63, 3.8) is 0 Å². The number of hydrogen-bond acceptors (Lipinski definition) is 2. The van der Waals surface area contributed by atoms with E-state index >= 15 is 0 Å². The van der Waals surface area contributed by atoms with E-state index < -0.39 is 0 Å². The molecule has 2 nitrogen and oxygen atoms in total. The molecule has 90 valence electrons. The van der Waals surface area contributed by atoms with Gasteiger partial charge in [-0.2, -0.15) is 0 Å². The normalized spacial score (nSPS) is 47.9. The SMILES string of the molecule is O[C@H]1CC[C@@H]2CC[C@H](O)[C@H]3C2=CCC[C@@H]3C1. The summed E-state index contributed by atoms with van der Waals surface area (Å²) in [5.41, 5.74) is 1.54. The van der Waals surface area contributed by atoms with Crippen molar-refractivity contribution >= 4 is 0 Å². The summed E-state index contributed by atoms with van der Waals surface area (Å²) in [7, 11) is 0. The minimum absolute atomic E-state index is 0.125. The van der Waals surface area contributed by atoms with Crippen LogP contribution in [0, 0.1) is 17.8 Å². The maximum absolute atomic E-state index is 10.2. The summed E-state index contributed by atoms with van der Waals surface area (Å²) in [6.07, 6.45) is 9.55. The van der Waals surface area contributed by atoms with Crippen molar-refractivity contribution < 1.29 is 10.2 Å². The van der Waals surface area contributed by atoms with Gasteiger partial charge in [0.15, 0.2) is 0 Å². The first kappa shape index (κ1) is 10.8. The Kier molecular flexibility index (Phi) is 2.80. The molecule has 3 aliphatic carbocycles. The standard InChI is InChI=1S/C14H22O2/c15-11-6-4-9-5-7-13(16)14-10(8-11)2-1-3-12(9)14/h3,9-11,13-16H,1-2,4-8H2/t9-,10-,11+,13+,14-/m1/s1. The van der Waals surface area contributed by atoms with Gasteiger partial charge >= 0.3 is 0 Å². The maximum atomic E-state index is 10.2. The van der Waals surface area contributed by atoms with E-state index in [1.165, 1.54) is 0 Å². The molecule has 5 atom stereocenters. The molecule has 2 heteroatoms. The maximum Gasteiger partial charge on any atom is 0.0608 e. The first-order valence-corrected chi connectivity index (χ1v) is 6.82. The van der Waals surface area contributed by atoms with Crippen LogP contribution in [0.4, 0.5) is 0 Å². The summed E-state index contributed by atoms with van der Waals surface area (Å²) in [4.78, 5) is 0. The zero-order valence-electron chi connectivity index (χ0n) is 9.81. The molecule has 0 aromatic heterocycles. The van der Waals surface area contributed by atoms with Crippen LogP contribution in [0.5, 0.6) is 0 Å². The van der Waals surface area contributed by atoms with E-state index in [-0.39, 0.29) is 12.2 Å². The lowest BCUT2D eigenvalue weighted by Gasteiger charge is -2.45. The van der Waals surface area contributed by atoms with Crippen molar-refractivity contribution in [2.75, 3.05) is 0 Å². The van der Waals surface area contributed by atoms with Gasteiger partial charge in [-0.3, -0.25) is 0 Å². The smallest absolute Gasteiger partial charge is 0.0608 e. The molecular weight excluding hydrogens is 200 g/mol. The van der Waals surface area contributed by atoms with Gasteiger partial charge in [-0.05, 0) is 56.8 Å². The van der Waals surface area contributed by atoms with Crippen molar-refractivity contribution in [2.45, 2.75) is 57.2 Å². The summed E-state index contributed by atoms with van der Waals surface area (Å²) in [5, 5.41) is 20.2. The molecule has 2 fully saturated rings. The van der Waals surface area contributed by atoms with E-state index in [0.29, 0.717) is 17.8 Å². The Morgan fingerprint density at radius 1 is 1.00 bits per heavy atom. The van der Waals surface area contributed by atoms with Gasteiger partial charge in [0.25, 0.3) is 0 Å². The molecule has 3 aliphatic rings. The second kappa shape index (κ2) is 4.15. The third-order valence-corrected chi connectivity index (χ3v) is 4.93. The fourth-order valence-corrected chi connectivity index (χ4v) is 4.18. The van der Waals surface area contributed by atoms with Crippen LogP contribution in [0.3, 0.4) is 0 Å². The largest absolute Gasteiger partial charge is 0.393 e. The first-order valence-electron chi connectivity index (χ1n) is 6.82. The van der Waals surface area contributed by atoms with Gasteiger partial charge in [0.2, 0.25) is 0 Å². The Labute approximate surface area is 97.4 Å². The van der Waals surface area contributed by atoms with Gasteiger partial charge in [0.05, 0.1) is 12.2 Å². The van der Waals surface area contributed by atoms with Crippen molar-refractivity contribution in [1.82, 2.24) is 0 Å². The van der Waals surface area contributed by atoms with Crippen LogP contribution in [0.15, 0.2) is 11.6 Å². The van der Waals surface area contributed by atoms with Crippen LogP contribution in [-0.4, -0.2) is 22.4 Å². The summed E-state index contributed by atoms with van der Waals surface area (Å²) in [6.45, 7) is 0. The van der Waals surface area contributed by atoms with Gasteiger partial charge in [-0.15, -0.1) is 0 Å². The highest BCUT2D eigenvalue weighted by Crippen LogP contribution is 2.48. The van der Waals surface area contributed by atoms with Gasteiger partial charge in [0, 0.05) is 5.92 Å². The number of allylic oxidation sites excluding steroid dienone is 1. The van der Waals surface area contributed by atoms with Crippen LogP contribution in [0.25, 0.3) is 0 Å². The molecule has 0 unspecified atom stereocenters. The van der Waals surface area contributed by atoms with Crippen LogP contribution in [0.2, 0.25) is 0 Å². The molecule has 0 aromatic rings. The van der Waals surface area contributed by atoms with Gasteiger partial charge in [-0.1, -0.05) is 11.6 Å². The number of hydrogen-bond donors (Lipinski definition) is 2. The molecule has 0 amide bonds. The third kappa shape index (κ3) is 1.72. The lowest BCUT2D eigenvalue weighted by molar-refractivity contribution is 0.00991. The molecule has 0 aliphatic heterocycles. The molecular formula is C14H22O2. The number of rotatable bonds is 0. The second-order valence-electron chi connectivity index (χ2n) is 5.88. The predicted molar refractivity (Wildman–Crippen MR) is 62.9 cm³/mol. The van der Waals surface area contributed by atoms with E-state index in [1.54, 1.807) is 5.57 Å². The van der Waals surface area contributed by atoms with E-state index in [2.05, 4.69) is 6.08 Å². The molecule has 0 spiro atoms. The summed E-state index contributed by atoms with van der Waals surface area (Å²) >= 11 is 0. The Bertz CT molecular complexity index is 297. The van der Waals surface area contributed by atoms with E-state index in [9.17, 15) is 10.2 Å². The predicted octanol–water partition coefficient (Wildman–Crippen LogP) is 2.25. The number of aliphatic hydroxyl groups is 2. The minimum atomic E-state index is -0.141. The Morgan fingerprint density at radius 3 is 2.69 bits per heavy atom. The molecule has 0 aromatic carbocycles.